The maximum atomic E-state index is 5.37. The maximum absolute atomic E-state index is 5.37. The molecule has 1 aromatic heterocycles. The Morgan fingerprint density at radius 3 is 2.35 bits per heavy atom. The maximum Gasteiger partial charge on any atom is 0.125 e. The van der Waals surface area contributed by atoms with E-state index in [1.807, 2.05) is 24.3 Å². The highest BCUT2D eigenvalue weighted by molar-refractivity contribution is 9.11. The smallest absolute Gasteiger partial charge is 0.125 e. The molecule has 0 aliphatic heterocycles. The molecular weight excluding hydrogens is 414 g/mol. The summed E-state index contributed by atoms with van der Waals surface area (Å²) in [5.74, 6) is 0.909. The molecule has 5 heteroatoms. The van der Waals surface area contributed by atoms with Crippen molar-refractivity contribution in [2.24, 2.45) is 0 Å². The van der Waals surface area contributed by atoms with Crippen LogP contribution in [0.1, 0.15) is 18.7 Å². The van der Waals surface area contributed by atoms with Gasteiger partial charge in [0.25, 0.3) is 0 Å². The highest BCUT2D eigenvalue weighted by Gasteiger charge is 2.12. The van der Waals surface area contributed by atoms with Gasteiger partial charge < -0.3 is 9.73 Å². The molecule has 0 fully saturated rings. The molecule has 1 unspecified atom stereocenters. The lowest BCUT2D eigenvalue weighted by atomic mass is 10.2. The van der Waals surface area contributed by atoms with Gasteiger partial charge in [0, 0.05) is 13.4 Å². The molecule has 1 atom stereocenters. The molecule has 0 aliphatic rings. The molecule has 0 aliphatic carbocycles. The number of furan rings is 1. The van der Waals surface area contributed by atoms with Crippen molar-refractivity contribution in [2.75, 3.05) is 5.32 Å². The summed E-state index contributed by atoms with van der Waals surface area (Å²) >= 11 is 10.5. The summed E-state index contributed by atoms with van der Waals surface area (Å²) in [6, 6.07) is 7.96. The van der Waals surface area contributed by atoms with Crippen LogP contribution in [-0.2, 0) is 0 Å². The average Bonchev–Trinajstić information content (AvgIpc) is 2.76. The second-order valence-electron chi connectivity index (χ2n) is 3.63. The molecule has 17 heavy (non-hydrogen) atoms. The standard InChI is InChI=1S/C12H10Br3NO/c1-7(11-3-2-4-17-11)16-12-9(14)5-8(13)6-10(12)15/h2-7,16H,1H3. The first-order valence-electron chi connectivity index (χ1n) is 5.02. The molecule has 0 saturated heterocycles. The van der Waals surface area contributed by atoms with Gasteiger partial charge in [-0.05, 0) is 63.0 Å². The Morgan fingerprint density at radius 1 is 1.18 bits per heavy atom. The van der Waals surface area contributed by atoms with Crippen LogP contribution in [0.5, 0.6) is 0 Å². The van der Waals surface area contributed by atoms with Crippen molar-refractivity contribution in [3.8, 4) is 0 Å². The van der Waals surface area contributed by atoms with Crippen molar-refractivity contribution in [1.82, 2.24) is 0 Å². The molecule has 0 amide bonds. The Bertz CT molecular complexity index is 487. The van der Waals surface area contributed by atoms with Crippen LogP contribution in [0.2, 0.25) is 0 Å². The third-order valence-electron chi connectivity index (χ3n) is 2.34. The summed E-state index contributed by atoms with van der Waals surface area (Å²) < 4.78 is 8.38. The predicted octanol–water partition coefficient (Wildman–Crippen LogP) is 5.74. The summed E-state index contributed by atoms with van der Waals surface area (Å²) in [6.45, 7) is 2.06. The Balaban J connectivity index is 2.25. The van der Waals surface area contributed by atoms with Crippen LogP contribution in [0, 0.1) is 0 Å². The van der Waals surface area contributed by atoms with Crippen molar-refractivity contribution >= 4 is 53.5 Å². The number of halogens is 3. The Hall–Kier alpha value is -0.260. The number of hydrogen-bond acceptors (Lipinski definition) is 2. The molecule has 2 rings (SSSR count). The average molecular weight is 424 g/mol. The number of hydrogen-bond donors (Lipinski definition) is 1. The monoisotopic (exact) mass is 421 g/mol. The molecule has 90 valence electrons. The Morgan fingerprint density at radius 2 is 1.82 bits per heavy atom. The lowest BCUT2D eigenvalue weighted by Crippen LogP contribution is -2.06. The zero-order chi connectivity index (χ0) is 12.4. The molecule has 1 N–H and O–H groups in total. The van der Waals surface area contributed by atoms with Gasteiger partial charge in [0.15, 0.2) is 0 Å². The van der Waals surface area contributed by atoms with E-state index >= 15 is 0 Å². The second kappa shape index (κ2) is 5.59. The lowest BCUT2D eigenvalue weighted by molar-refractivity contribution is 0.490. The van der Waals surface area contributed by atoms with Crippen LogP contribution in [0.15, 0.2) is 48.4 Å². The van der Waals surface area contributed by atoms with Crippen LogP contribution in [0.25, 0.3) is 0 Å². The number of benzene rings is 1. The highest BCUT2D eigenvalue weighted by Crippen LogP contribution is 2.36. The van der Waals surface area contributed by atoms with E-state index in [9.17, 15) is 0 Å². The van der Waals surface area contributed by atoms with E-state index in [0.717, 1.165) is 24.9 Å². The second-order valence-corrected chi connectivity index (χ2v) is 6.25. The first-order chi connectivity index (χ1) is 8.08. The normalized spacial score (nSPS) is 12.5. The van der Waals surface area contributed by atoms with E-state index in [1.54, 1.807) is 6.26 Å². The van der Waals surface area contributed by atoms with E-state index in [1.165, 1.54) is 0 Å². The van der Waals surface area contributed by atoms with Gasteiger partial charge >= 0.3 is 0 Å². The molecule has 1 aromatic carbocycles. The van der Waals surface area contributed by atoms with Crippen molar-refractivity contribution in [3.63, 3.8) is 0 Å². The first-order valence-corrected chi connectivity index (χ1v) is 7.40. The highest BCUT2D eigenvalue weighted by atomic mass is 79.9. The largest absolute Gasteiger partial charge is 0.467 e. The Kier molecular flexibility index (Phi) is 4.33. The van der Waals surface area contributed by atoms with Gasteiger partial charge in [-0.15, -0.1) is 0 Å². The van der Waals surface area contributed by atoms with Gasteiger partial charge in [0.2, 0.25) is 0 Å². The van der Waals surface area contributed by atoms with Crippen LogP contribution < -0.4 is 5.32 Å². The van der Waals surface area contributed by atoms with Gasteiger partial charge in [-0.25, -0.2) is 0 Å². The molecule has 0 saturated carbocycles. The minimum Gasteiger partial charge on any atom is -0.467 e. The van der Waals surface area contributed by atoms with Crippen LogP contribution in [0.4, 0.5) is 5.69 Å². The molecule has 0 spiro atoms. The zero-order valence-electron chi connectivity index (χ0n) is 9.01. The van der Waals surface area contributed by atoms with Crippen LogP contribution in [0.3, 0.4) is 0 Å². The topological polar surface area (TPSA) is 25.2 Å². The molecule has 0 radical (unpaired) electrons. The van der Waals surface area contributed by atoms with Crippen molar-refractivity contribution in [1.29, 1.82) is 0 Å². The summed E-state index contributed by atoms with van der Waals surface area (Å²) in [5, 5.41) is 3.40. The zero-order valence-corrected chi connectivity index (χ0v) is 13.8. The minimum absolute atomic E-state index is 0.110. The fourth-order valence-corrected chi connectivity index (χ4v) is 3.99. The minimum atomic E-state index is 0.110. The van der Waals surface area contributed by atoms with Gasteiger partial charge in [0.1, 0.15) is 5.76 Å². The van der Waals surface area contributed by atoms with Crippen molar-refractivity contribution < 1.29 is 4.42 Å². The lowest BCUT2D eigenvalue weighted by Gasteiger charge is -2.16. The van der Waals surface area contributed by atoms with E-state index in [4.69, 9.17) is 4.42 Å². The summed E-state index contributed by atoms with van der Waals surface area (Å²) in [4.78, 5) is 0. The van der Waals surface area contributed by atoms with Gasteiger partial charge in [-0.1, -0.05) is 15.9 Å². The third-order valence-corrected chi connectivity index (χ3v) is 4.05. The third kappa shape index (κ3) is 3.14. The fraction of sp³-hybridized carbons (Fsp3) is 0.167. The molecule has 0 bridgehead atoms. The first kappa shape index (κ1) is 13.2. The van der Waals surface area contributed by atoms with Gasteiger partial charge in [-0.3, -0.25) is 0 Å². The quantitative estimate of drug-likeness (QED) is 0.680. The number of nitrogens with one attached hydrogen (secondary N) is 1. The Labute approximate surface area is 125 Å². The fourth-order valence-electron chi connectivity index (χ4n) is 1.51. The number of rotatable bonds is 3. The molecule has 2 nitrogen and oxygen atoms in total. The van der Waals surface area contributed by atoms with E-state index in [0.29, 0.717) is 0 Å². The van der Waals surface area contributed by atoms with Crippen LogP contribution >= 0.6 is 47.8 Å². The predicted molar refractivity (Wildman–Crippen MR) is 80.3 cm³/mol. The summed E-state index contributed by atoms with van der Waals surface area (Å²) in [7, 11) is 0. The van der Waals surface area contributed by atoms with E-state index in [2.05, 4.69) is 60.0 Å². The molecular formula is C12H10Br3NO. The summed E-state index contributed by atoms with van der Waals surface area (Å²) in [5.41, 5.74) is 1.01. The summed E-state index contributed by atoms with van der Waals surface area (Å²) in [6.07, 6.45) is 1.68. The molecule has 2 aromatic rings. The van der Waals surface area contributed by atoms with E-state index in [-0.39, 0.29) is 6.04 Å². The van der Waals surface area contributed by atoms with Crippen molar-refractivity contribution in [3.05, 3.63) is 49.7 Å². The molecule has 1 heterocycles. The van der Waals surface area contributed by atoms with Crippen LogP contribution in [-0.4, -0.2) is 0 Å². The van der Waals surface area contributed by atoms with E-state index < -0.39 is 0 Å². The van der Waals surface area contributed by atoms with Gasteiger partial charge in [-0.2, -0.15) is 0 Å². The van der Waals surface area contributed by atoms with Gasteiger partial charge in [0.05, 0.1) is 18.0 Å². The van der Waals surface area contributed by atoms with Crippen molar-refractivity contribution in [2.45, 2.75) is 13.0 Å². The number of anilines is 1. The SMILES string of the molecule is CC(Nc1c(Br)cc(Br)cc1Br)c1ccco1.